The molecule has 1 aliphatic heterocycles. The first-order valence-corrected chi connectivity index (χ1v) is 4.70. The lowest BCUT2D eigenvalue weighted by Gasteiger charge is -2.13. The Labute approximate surface area is 77.6 Å². The van der Waals surface area contributed by atoms with E-state index >= 15 is 0 Å². The number of amides is 1. The number of hydrogen-bond acceptors (Lipinski definition) is 3. The van der Waals surface area contributed by atoms with Gasteiger partial charge in [-0.05, 0) is 19.8 Å². The number of hydrogen-bond donors (Lipinski definition) is 1. The summed E-state index contributed by atoms with van der Waals surface area (Å²) in [4.78, 5) is 22.3. The molecule has 1 fully saturated rings. The van der Waals surface area contributed by atoms with Gasteiger partial charge in [-0.1, -0.05) is 6.42 Å². The summed E-state index contributed by atoms with van der Waals surface area (Å²) in [6, 6.07) is -0.421. The Hall–Kier alpha value is -1.06. The molecule has 1 rings (SSSR count). The minimum atomic E-state index is -0.421. The van der Waals surface area contributed by atoms with Crippen LogP contribution in [0.5, 0.6) is 0 Å². The molecule has 4 heteroatoms. The molecule has 74 valence electrons. The van der Waals surface area contributed by atoms with Crippen LogP contribution in [0.4, 0.5) is 0 Å². The number of carbonyl (C=O) groups excluding carboxylic acids is 2. The highest BCUT2D eigenvalue weighted by atomic mass is 16.5. The standard InChI is InChI=1S/C9H15NO3/c1-2-13-9(12)7-5-3-4-6-8(11)10-7/h7H,2-6H2,1H3,(H,10,11)/t7-/m1/s1. The first-order valence-electron chi connectivity index (χ1n) is 4.70. The van der Waals surface area contributed by atoms with Crippen molar-refractivity contribution in [3.8, 4) is 0 Å². The molecular formula is C9H15NO3. The van der Waals surface area contributed by atoms with Crippen molar-refractivity contribution in [1.29, 1.82) is 0 Å². The molecule has 0 radical (unpaired) electrons. The van der Waals surface area contributed by atoms with E-state index in [4.69, 9.17) is 4.74 Å². The lowest BCUT2D eigenvalue weighted by Crippen LogP contribution is -2.40. The van der Waals surface area contributed by atoms with E-state index in [1.54, 1.807) is 6.92 Å². The summed E-state index contributed by atoms with van der Waals surface area (Å²) in [5.74, 6) is -0.353. The van der Waals surface area contributed by atoms with Crippen LogP contribution in [0.25, 0.3) is 0 Å². The zero-order valence-corrected chi connectivity index (χ0v) is 7.84. The highest BCUT2D eigenvalue weighted by Gasteiger charge is 2.23. The van der Waals surface area contributed by atoms with E-state index in [1.165, 1.54) is 0 Å². The first-order chi connectivity index (χ1) is 6.24. The average Bonchev–Trinajstić information content (AvgIpc) is 2.30. The van der Waals surface area contributed by atoms with Gasteiger partial charge in [0.2, 0.25) is 5.91 Å². The number of ether oxygens (including phenoxy) is 1. The van der Waals surface area contributed by atoms with Gasteiger partial charge in [-0.25, -0.2) is 4.79 Å². The smallest absolute Gasteiger partial charge is 0.328 e. The SMILES string of the molecule is CCOC(=O)[C@H]1CCCCC(=O)N1. The maximum absolute atomic E-state index is 11.3. The summed E-state index contributed by atoms with van der Waals surface area (Å²) in [6.45, 7) is 2.13. The molecule has 0 aromatic heterocycles. The molecule has 13 heavy (non-hydrogen) atoms. The van der Waals surface area contributed by atoms with Crippen molar-refractivity contribution in [2.24, 2.45) is 0 Å². The van der Waals surface area contributed by atoms with Gasteiger partial charge in [-0.3, -0.25) is 4.79 Å². The minimum Gasteiger partial charge on any atom is -0.464 e. The maximum atomic E-state index is 11.3. The molecule has 0 bridgehead atoms. The molecule has 0 spiro atoms. The Morgan fingerprint density at radius 3 is 3.08 bits per heavy atom. The molecule has 0 aromatic rings. The van der Waals surface area contributed by atoms with Crippen molar-refractivity contribution in [1.82, 2.24) is 5.32 Å². The molecule has 1 N–H and O–H groups in total. The van der Waals surface area contributed by atoms with Crippen LogP contribution < -0.4 is 5.32 Å². The van der Waals surface area contributed by atoms with Crippen LogP contribution in [-0.4, -0.2) is 24.5 Å². The maximum Gasteiger partial charge on any atom is 0.328 e. The van der Waals surface area contributed by atoms with Crippen molar-refractivity contribution in [2.75, 3.05) is 6.61 Å². The lowest BCUT2D eigenvalue weighted by molar-refractivity contribution is -0.147. The largest absolute Gasteiger partial charge is 0.464 e. The molecule has 1 saturated heterocycles. The third kappa shape index (κ3) is 3.05. The third-order valence-corrected chi connectivity index (χ3v) is 2.05. The summed E-state index contributed by atoms with van der Waals surface area (Å²) in [5.41, 5.74) is 0. The number of esters is 1. The zero-order valence-electron chi connectivity index (χ0n) is 7.84. The van der Waals surface area contributed by atoms with Gasteiger partial charge in [0.25, 0.3) is 0 Å². The van der Waals surface area contributed by atoms with Crippen LogP contribution in [0.1, 0.15) is 32.6 Å². The van der Waals surface area contributed by atoms with Gasteiger partial charge in [0.05, 0.1) is 6.61 Å². The minimum absolute atomic E-state index is 0.0458. The monoisotopic (exact) mass is 185 g/mol. The Morgan fingerprint density at radius 2 is 2.38 bits per heavy atom. The van der Waals surface area contributed by atoms with E-state index in [0.717, 1.165) is 12.8 Å². The lowest BCUT2D eigenvalue weighted by atomic mass is 10.1. The summed E-state index contributed by atoms with van der Waals surface area (Å²) < 4.78 is 4.83. The van der Waals surface area contributed by atoms with Crippen LogP contribution in [0, 0.1) is 0 Å². The van der Waals surface area contributed by atoms with Crippen molar-refractivity contribution in [2.45, 2.75) is 38.6 Å². The van der Waals surface area contributed by atoms with E-state index in [-0.39, 0.29) is 11.9 Å². The fourth-order valence-electron chi connectivity index (χ4n) is 1.39. The Bertz CT molecular complexity index is 203. The fourth-order valence-corrected chi connectivity index (χ4v) is 1.39. The highest BCUT2D eigenvalue weighted by molar-refractivity contribution is 5.84. The predicted octanol–water partition coefficient (Wildman–Crippen LogP) is 0.608. The van der Waals surface area contributed by atoms with Crippen LogP contribution in [0.3, 0.4) is 0 Å². The van der Waals surface area contributed by atoms with Gasteiger partial charge in [-0.15, -0.1) is 0 Å². The van der Waals surface area contributed by atoms with Gasteiger partial charge in [0.1, 0.15) is 6.04 Å². The molecule has 4 nitrogen and oxygen atoms in total. The molecular weight excluding hydrogens is 170 g/mol. The first kappa shape index (κ1) is 10.0. The average molecular weight is 185 g/mol. The van der Waals surface area contributed by atoms with Crippen molar-refractivity contribution < 1.29 is 14.3 Å². The van der Waals surface area contributed by atoms with Crippen molar-refractivity contribution in [3.05, 3.63) is 0 Å². The molecule has 1 atom stereocenters. The van der Waals surface area contributed by atoms with Crippen LogP contribution in [-0.2, 0) is 14.3 Å². The summed E-state index contributed by atoms with van der Waals surface area (Å²) >= 11 is 0. The van der Waals surface area contributed by atoms with Gasteiger partial charge in [0, 0.05) is 6.42 Å². The van der Waals surface area contributed by atoms with E-state index in [1.807, 2.05) is 0 Å². The number of carbonyl (C=O) groups is 2. The van der Waals surface area contributed by atoms with Gasteiger partial charge >= 0.3 is 5.97 Å². The normalized spacial score (nSPS) is 23.2. The van der Waals surface area contributed by atoms with Crippen molar-refractivity contribution >= 4 is 11.9 Å². The van der Waals surface area contributed by atoms with Gasteiger partial charge in [0.15, 0.2) is 0 Å². The van der Waals surface area contributed by atoms with Crippen molar-refractivity contribution in [3.63, 3.8) is 0 Å². The Morgan fingerprint density at radius 1 is 1.62 bits per heavy atom. The van der Waals surface area contributed by atoms with Crippen LogP contribution in [0.15, 0.2) is 0 Å². The van der Waals surface area contributed by atoms with E-state index in [2.05, 4.69) is 5.32 Å². The molecule has 0 saturated carbocycles. The summed E-state index contributed by atoms with van der Waals surface area (Å²) in [6.07, 6.45) is 2.99. The van der Waals surface area contributed by atoms with Crippen LogP contribution >= 0.6 is 0 Å². The molecule has 1 amide bonds. The number of nitrogens with one attached hydrogen (secondary N) is 1. The molecule has 1 heterocycles. The molecule has 0 aromatic carbocycles. The fraction of sp³-hybridized carbons (Fsp3) is 0.778. The van der Waals surface area contributed by atoms with E-state index < -0.39 is 6.04 Å². The second-order valence-corrected chi connectivity index (χ2v) is 3.12. The second-order valence-electron chi connectivity index (χ2n) is 3.12. The predicted molar refractivity (Wildman–Crippen MR) is 47.0 cm³/mol. The number of rotatable bonds is 2. The Balaban J connectivity index is 2.47. The summed E-state index contributed by atoms with van der Waals surface area (Å²) in [5, 5.41) is 2.65. The molecule has 1 aliphatic rings. The summed E-state index contributed by atoms with van der Waals surface area (Å²) in [7, 11) is 0. The zero-order chi connectivity index (χ0) is 9.68. The molecule has 0 aliphatic carbocycles. The molecule has 0 unspecified atom stereocenters. The second kappa shape index (κ2) is 4.84. The van der Waals surface area contributed by atoms with Gasteiger partial charge < -0.3 is 10.1 Å². The van der Waals surface area contributed by atoms with Crippen LogP contribution in [0.2, 0.25) is 0 Å². The topological polar surface area (TPSA) is 55.4 Å². The van der Waals surface area contributed by atoms with E-state index in [9.17, 15) is 9.59 Å². The highest BCUT2D eigenvalue weighted by Crippen LogP contribution is 2.10. The van der Waals surface area contributed by atoms with Gasteiger partial charge in [-0.2, -0.15) is 0 Å². The third-order valence-electron chi connectivity index (χ3n) is 2.05. The quantitative estimate of drug-likeness (QED) is 0.641. The Kier molecular flexibility index (Phi) is 3.73. The van der Waals surface area contributed by atoms with E-state index in [0.29, 0.717) is 19.4 Å².